The third kappa shape index (κ3) is 5.47. The first-order valence-corrected chi connectivity index (χ1v) is 6.31. The van der Waals surface area contributed by atoms with Gasteiger partial charge < -0.3 is 9.47 Å². The smallest absolute Gasteiger partial charge is 0.0648 e. The lowest BCUT2D eigenvalue weighted by Gasteiger charge is -2.24. The molecular weight excluding hydrogens is 200 g/mol. The van der Waals surface area contributed by atoms with Crippen molar-refractivity contribution in [3.05, 3.63) is 25.3 Å². The van der Waals surface area contributed by atoms with E-state index in [0.717, 1.165) is 12.8 Å². The minimum Gasteiger partial charge on any atom is -0.374 e. The molecule has 0 radical (unpaired) electrons. The van der Waals surface area contributed by atoms with Crippen molar-refractivity contribution in [2.24, 2.45) is 0 Å². The normalized spacial score (nSPS) is 26.8. The Hall–Kier alpha value is -0.600. The molecule has 1 aliphatic rings. The zero-order valence-electron chi connectivity index (χ0n) is 10.2. The van der Waals surface area contributed by atoms with Crippen LogP contribution in [0.1, 0.15) is 38.5 Å². The summed E-state index contributed by atoms with van der Waals surface area (Å²) in [6.07, 6.45) is 11.5. The zero-order chi connectivity index (χ0) is 11.6. The molecule has 0 aliphatic heterocycles. The van der Waals surface area contributed by atoms with E-state index >= 15 is 0 Å². The summed E-state index contributed by atoms with van der Waals surface area (Å²) in [5.74, 6) is 0. The van der Waals surface area contributed by atoms with Crippen LogP contribution in [0.2, 0.25) is 0 Å². The molecule has 0 N–H and O–H groups in total. The molecule has 2 unspecified atom stereocenters. The number of ether oxygens (including phenoxy) is 2. The second kappa shape index (κ2) is 8.54. The van der Waals surface area contributed by atoms with Crippen LogP contribution in [0.25, 0.3) is 0 Å². The van der Waals surface area contributed by atoms with Gasteiger partial charge in [0.1, 0.15) is 0 Å². The van der Waals surface area contributed by atoms with Crippen molar-refractivity contribution < 1.29 is 9.47 Å². The van der Waals surface area contributed by atoms with Crippen molar-refractivity contribution in [2.75, 3.05) is 13.2 Å². The standard InChI is InChI=1S/C14H24O2/c1-3-11-15-13-7-5-6-8-14(10-9-13)16-12-4-2/h3-4,13-14H,1-2,5-12H2. The topological polar surface area (TPSA) is 18.5 Å². The molecule has 0 heterocycles. The zero-order valence-corrected chi connectivity index (χ0v) is 10.2. The van der Waals surface area contributed by atoms with Gasteiger partial charge in [-0.1, -0.05) is 25.0 Å². The molecule has 0 amide bonds. The minimum absolute atomic E-state index is 0.396. The van der Waals surface area contributed by atoms with E-state index in [1.165, 1.54) is 25.7 Å². The molecule has 1 saturated carbocycles. The molecule has 92 valence electrons. The lowest BCUT2D eigenvalue weighted by molar-refractivity contribution is 0.0112. The van der Waals surface area contributed by atoms with Crippen LogP contribution >= 0.6 is 0 Å². The molecule has 1 aliphatic carbocycles. The van der Waals surface area contributed by atoms with Gasteiger partial charge in [-0.3, -0.25) is 0 Å². The van der Waals surface area contributed by atoms with E-state index in [2.05, 4.69) is 13.2 Å². The van der Waals surface area contributed by atoms with Crippen LogP contribution in [0.5, 0.6) is 0 Å². The molecule has 2 nitrogen and oxygen atoms in total. The van der Waals surface area contributed by atoms with Crippen molar-refractivity contribution in [3.63, 3.8) is 0 Å². The van der Waals surface area contributed by atoms with Crippen LogP contribution in [0.4, 0.5) is 0 Å². The molecule has 0 aromatic rings. The Morgan fingerprint density at radius 1 is 0.812 bits per heavy atom. The van der Waals surface area contributed by atoms with E-state index in [0.29, 0.717) is 25.4 Å². The molecule has 1 fully saturated rings. The molecule has 0 bridgehead atoms. The minimum atomic E-state index is 0.396. The maximum atomic E-state index is 5.73. The third-order valence-corrected chi connectivity index (χ3v) is 3.01. The Kier molecular flexibility index (Phi) is 7.19. The fourth-order valence-electron chi connectivity index (χ4n) is 2.15. The number of hydrogen-bond acceptors (Lipinski definition) is 2. The summed E-state index contributed by atoms with van der Waals surface area (Å²) in [5.41, 5.74) is 0. The van der Waals surface area contributed by atoms with Crippen molar-refractivity contribution in [2.45, 2.75) is 50.7 Å². The molecule has 16 heavy (non-hydrogen) atoms. The number of rotatable bonds is 6. The largest absolute Gasteiger partial charge is 0.374 e. The SMILES string of the molecule is C=CCOC1CCCCC(OCC=C)CC1. The molecule has 1 rings (SSSR count). The van der Waals surface area contributed by atoms with Gasteiger partial charge >= 0.3 is 0 Å². The summed E-state index contributed by atoms with van der Waals surface area (Å²) in [6.45, 7) is 8.70. The fourth-order valence-corrected chi connectivity index (χ4v) is 2.15. The van der Waals surface area contributed by atoms with E-state index in [1.807, 2.05) is 12.2 Å². The highest BCUT2D eigenvalue weighted by Gasteiger charge is 2.17. The third-order valence-electron chi connectivity index (χ3n) is 3.01. The predicted molar refractivity (Wildman–Crippen MR) is 67.6 cm³/mol. The van der Waals surface area contributed by atoms with Gasteiger partial charge in [0.05, 0.1) is 25.4 Å². The van der Waals surface area contributed by atoms with Crippen molar-refractivity contribution in [1.29, 1.82) is 0 Å². The molecular formula is C14H24O2. The van der Waals surface area contributed by atoms with Gasteiger partial charge in [-0.25, -0.2) is 0 Å². The molecule has 2 atom stereocenters. The lowest BCUT2D eigenvalue weighted by Crippen LogP contribution is -2.22. The second-order valence-corrected chi connectivity index (χ2v) is 4.35. The molecule has 0 aromatic heterocycles. The van der Waals surface area contributed by atoms with Gasteiger partial charge in [-0.05, 0) is 25.7 Å². The van der Waals surface area contributed by atoms with E-state index in [1.54, 1.807) is 0 Å². The van der Waals surface area contributed by atoms with Gasteiger partial charge in [0.2, 0.25) is 0 Å². The van der Waals surface area contributed by atoms with Crippen LogP contribution in [-0.2, 0) is 9.47 Å². The van der Waals surface area contributed by atoms with Crippen LogP contribution < -0.4 is 0 Å². The van der Waals surface area contributed by atoms with Crippen molar-refractivity contribution in [3.8, 4) is 0 Å². The van der Waals surface area contributed by atoms with E-state index in [4.69, 9.17) is 9.47 Å². The molecule has 0 spiro atoms. The monoisotopic (exact) mass is 224 g/mol. The second-order valence-electron chi connectivity index (χ2n) is 4.35. The van der Waals surface area contributed by atoms with Gasteiger partial charge in [0.25, 0.3) is 0 Å². The van der Waals surface area contributed by atoms with Gasteiger partial charge in [-0.15, -0.1) is 13.2 Å². The highest BCUT2D eigenvalue weighted by atomic mass is 16.5. The average Bonchev–Trinajstić information content (AvgIpc) is 2.27. The van der Waals surface area contributed by atoms with Crippen molar-refractivity contribution >= 4 is 0 Å². The Morgan fingerprint density at radius 2 is 1.25 bits per heavy atom. The Labute approximate surface area is 99.3 Å². The van der Waals surface area contributed by atoms with E-state index < -0.39 is 0 Å². The first kappa shape index (κ1) is 13.5. The van der Waals surface area contributed by atoms with Crippen LogP contribution in [-0.4, -0.2) is 25.4 Å². The van der Waals surface area contributed by atoms with E-state index in [-0.39, 0.29) is 0 Å². The molecule has 0 aromatic carbocycles. The van der Waals surface area contributed by atoms with Crippen molar-refractivity contribution in [1.82, 2.24) is 0 Å². The maximum Gasteiger partial charge on any atom is 0.0648 e. The summed E-state index contributed by atoms with van der Waals surface area (Å²) in [7, 11) is 0. The Morgan fingerprint density at radius 3 is 1.62 bits per heavy atom. The molecule has 0 saturated heterocycles. The molecule has 2 heteroatoms. The summed E-state index contributed by atoms with van der Waals surface area (Å²) in [5, 5.41) is 0. The fraction of sp³-hybridized carbons (Fsp3) is 0.714. The van der Waals surface area contributed by atoms with E-state index in [9.17, 15) is 0 Å². The van der Waals surface area contributed by atoms with Crippen LogP contribution in [0, 0.1) is 0 Å². The lowest BCUT2D eigenvalue weighted by atomic mass is 9.96. The summed E-state index contributed by atoms with van der Waals surface area (Å²) >= 11 is 0. The Bertz CT molecular complexity index is 179. The van der Waals surface area contributed by atoms with Gasteiger partial charge in [0, 0.05) is 0 Å². The summed E-state index contributed by atoms with van der Waals surface area (Å²) in [4.78, 5) is 0. The Balaban J connectivity index is 2.27. The highest BCUT2D eigenvalue weighted by Crippen LogP contribution is 2.21. The average molecular weight is 224 g/mol. The number of hydrogen-bond donors (Lipinski definition) is 0. The first-order valence-electron chi connectivity index (χ1n) is 6.31. The van der Waals surface area contributed by atoms with Crippen LogP contribution in [0.3, 0.4) is 0 Å². The van der Waals surface area contributed by atoms with Gasteiger partial charge in [-0.2, -0.15) is 0 Å². The van der Waals surface area contributed by atoms with Crippen LogP contribution in [0.15, 0.2) is 25.3 Å². The van der Waals surface area contributed by atoms with Gasteiger partial charge in [0.15, 0.2) is 0 Å². The predicted octanol–water partition coefficient (Wildman–Crippen LogP) is 3.48. The summed E-state index contributed by atoms with van der Waals surface area (Å²) in [6, 6.07) is 0. The maximum absolute atomic E-state index is 5.73. The quantitative estimate of drug-likeness (QED) is 0.643. The summed E-state index contributed by atoms with van der Waals surface area (Å²) < 4.78 is 11.5. The first-order chi connectivity index (χ1) is 7.86. The highest BCUT2D eigenvalue weighted by molar-refractivity contribution is 4.73.